The Kier molecular flexibility index (Phi) is 5.73. The maximum atomic E-state index is 12.0. The lowest BCUT2D eigenvalue weighted by Gasteiger charge is -2.16. The number of amides is 1. The van der Waals surface area contributed by atoms with Crippen LogP contribution in [0.2, 0.25) is 0 Å². The Morgan fingerprint density at radius 2 is 1.90 bits per heavy atom. The molecule has 1 atom stereocenters. The van der Waals surface area contributed by atoms with E-state index in [1.165, 1.54) is 19.2 Å². The lowest BCUT2D eigenvalue weighted by Crippen LogP contribution is -2.27. The van der Waals surface area contributed by atoms with Gasteiger partial charge in [0, 0.05) is 5.69 Å². The summed E-state index contributed by atoms with van der Waals surface area (Å²) in [6.45, 7) is 5.66. The summed E-state index contributed by atoms with van der Waals surface area (Å²) in [6.07, 6.45) is 0. The number of alkyl halides is 1. The van der Waals surface area contributed by atoms with E-state index < -0.39 is 10.0 Å². The second kappa shape index (κ2) is 6.69. The van der Waals surface area contributed by atoms with Gasteiger partial charge in [-0.1, -0.05) is 35.8 Å². The Balaban J connectivity index is 3.08. The van der Waals surface area contributed by atoms with Crippen LogP contribution in [0.4, 0.5) is 5.69 Å². The summed E-state index contributed by atoms with van der Waals surface area (Å²) in [4.78, 5) is 11.8. The average molecular weight is 363 g/mol. The molecule has 0 saturated heterocycles. The van der Waals surface area contributed by atoms with Crippen molar-refractivity contribution in [2.45, 2.75) is 30.5 Å². The molecular formula is C13H19BrN2O3S. The molecule has 0 saturated carbocycles. The van der Waals surface area contributed by atoms with Crippen molar-refractivity contribution in [3.8, 4) is 0 Å². The van der Waals surface area contributed by atoms with Crippen LogP contribution in [-0.4, -0.2) is 26.2 Å². The number of carbonyl (C=O) groups excluding carboxylic acids is 1. The second-order valence-electron chi connectivity index (χ2n) is 4.82. The molecule has 0 bridgehead atoms. The maximum Gasteiger partial charge on any atom is 0.240 e. The van der Waals surface area contributed by atoms with E-state index in [0.29, 0.717) is 5.69 Å². The highest BCUT2D eigenvalue weighted by Crippen LogP contribution is 2.22. The van der Waals surface area contributed by atoms with Gasteiger partial charge < -0.3 is 5.32 Å². The molecule has 5 nitrogen and oxygen atoms in total. The van der Waals surface area contributed by atoms with Crippen LogP contribution in [-0.2, 0) is 14.8 Å². The van der Waals surface area contributed by atoms with Crippen LogP contribution in [0.1, 0.15) is 19.4 Å². The molecule has 1 unspecified atom stereocenters. The summed E-state index contributed by atoms with van der Waals surface area (Å²) in [5.41, 5.74) is 1.30. The van der Waals surface area contributed by atoms with Gasteiger partial charge >= 0.3 is 0 Å². The molecule has 0 aromatic heterocycles. The third-order valence-corrected chi connectivity index (χ3v) is 5.77. The molecule has 0 spiro atoms. The highest BCUT2D eigenvalue weighted by atomic mass is 79.9. The van der Waals surface area contributed by atoms with Gasteiger partial charge in [0.25, 0.3) is 0 Å². The first-order valence-corrected chi connectivity index (χ1v) is 8.58. The SMILES string of the molecule is CNS(=O)(=O)c1ccc(C)c(NC(=O)C(Br)C(C)C)c1. The Morgan fingerprint density at radius 3 is 2.40 bits per heavy atom. The van der Waals surface area contributed by atoms with Gasteiger partial charge in [-0.2, -0.15) is 0 Å². The van der Waals surface area contributed by atoms with E-state index in [1.54, 1.807) is 6.07 Å². The average Bonchev–Trinajstić information content (AvgIpc) is 2.39. The molecule has 112 valence electrons. The number of hydrogen-bond acceptors (Lipinski definition) is 3. The van der Waals surface area contributed by atoms with Gasteiger partial charge in [-0.15, -0.1) is 0 Å². The summed E-state index contributed by atoms with van der Waals surface area (Å²) >= 11 is 3.32. The summed E-state index contributed by atoms with van der Waals surface area (Å²) in [5, 5.41) is 2.75. The quantitative estimate of drug-likeness (QED) is 0.788. The second-order valence-corrected chi connectivity index (χ2v) is 7.69. The molecule has 1 rings (SSSR count). The number of benzene rings is 1. The van der Waals surface area contributed by atoms with Crippen molar-refractivity contribution in [3.63, 3.8) is 0 Å². The standard InChI is InChI=1S/C13H19BrN2O3S/c1-8(2)12(14)13(17)16-11-7-10(6-5-9(11)3)20(18,19)15-4/h5-8,12,15H,1-4H3,(H,16,17). The Morgan fingerprint density at radius 1 is 1.30 bits per heavy atom. The fourth-order valence-corrected chi connectivity index (χ4v) is 2.40. The third-order valence-electron chi connectivity index (χ3n) is 2.88. The van der Waals surface area contributed by atoms with Crippen LogP contribution < -0.4 is 10.0 Å². The zero-order valence-corrected chi connectivity index (χ0v) is 14.3. The van der Waals surface area contributed by atoms with Crippen LogP contribution >= 0.6 is 15.9 Å². The van der Waals surface area contributed by atoms with E-state index >= 15 is 0 Å². The van der Waals surface area contributed by atoms with Crippen molar-refractivity contribution in [1.82, 2.24) is 4.72 Å². The van der Waals surface area contributed by atoms with Gasteiger partial charge in [0.2, 0.25) is 15.9 Å². The van der Waals surface area contributed by atoms with Crippen molar-refractivity contribution >= 4 is 37.5 Å². The Bertz CT molecular complexity index is 600. The Labute approximate surface area is 128 Å². The lowest BCUT2D eigenvalue weighted by molar-refractivity contribution is -0.116. The lowest BCUT2D eigenvalue weighted by atomic mass is 10.1. The molecule has 2 N–H and O–H groups in total. The first-order valence-electron chi connectivity index (χ1n) is 6.18. The summed E-state index contributed by atoms with van der Waals surface area (Å²) < 4.78 is 25.8. The first-order chi connectivity index (χ1) is 9.19. The number of sulfonamides is 1. The predicted octanol–water partition coefficient (Wildman–Crippen LogP) is 2.26. The molecule has 0 aliphatic heterocycles. The molecule has 0 aliphatic rings. The number of carbonyl (C=O) groups is 1. The molecule has 0 fully saturated rings. The number of anilines is 1. The monoisotopic (exact) mass is 362 g/mol. The largest absolute Gasteiger partial charge is 0.325 e. The smallest absolute Gasteiger partial charge is 0.240 e. The summed E-state index contributed by atoms with van der Waals surface area (Å²) in [7, 11) is -2.17. The molecule has 0 aliphatic carbocycles. The van der Waals surface area contributed by atoms with Gasteiger partial charge in [0.05, 0.1) is 9.72 Å². The van der Waals surface area contributed by atoms with Crippen LogP contribution in [0.3, 0.4) is 0 Å². The third kappa shape index (κ3) is 4.04. The van der Waals surface area contributed by atoms with Crippen LogP contribution in [0.25, 0.3) is 0 Å². The molecule has 1 amide bonds. The molecule has 0 radical (unpaired) electrons. The number of hydrogen-bond donors (Lipinski definition) is 2. The molecule has 20 heavy (non-hydrogen) atoms. The first kappa shape index (κ1) is 17.1. The summed E-state index contributed by atoms with van der Waals surface area (Å²) in [6, 6.07) is 4.63. The van der Waals surface area contributed by atoms with E-state index in [9.17, 15) is 13.2 Å². The minimum absolute atomic E-state index is 0.122. The number of rotatable bonds is 5. The van der Waals surface area contributed by atoms with E-state index in [-0.39, 0.29) is 21.5 Å². The van der Waals surface area contributed by atoms with Crippen LogP contribution in [0, 0.1) is 12.8 Å². The van der Waals surface area contributed by atoms with Crippen molar-refractivity contribution in [3.05, 3.63) is 23.8 Å². The van der Waals surface area contributed by atoms with Gasteiger partial charge in [-0.3, -0.25) is 4.79 Å². The molecule has 1 aromatic carbocycles. The topological polar surface area (TPSA) is 75.3 Å². The van der Waals surface area contributed by atoms with Gasteiger partial charge in [0.1, 0.15) is 0 Å². The molecule has 7 heteroatoms. The fraction of sp³-hybridized carbons (Fsp3) is 0.462. The van der Waals surface area contributed by atoms with Gasteiger partial charge in [-0.25, -0.2) is 13.1 Å². The van der Waals surface area contributed by atoms with Crippen molar-refractivity contribution in [1.29, 1.82) is 0 Å². The highest BCUT2D eigenvalue weighted by Gasteiger charge is 2.20. The van der Waals surface area contributed by atoms with Crippen molar-refractivity contribution in [2.24, 2.45) is 5.92 Å². The minimum Gasteiger partial charge on any atom is -0.325 e. The van der Waals surface area contributed by atoms with E-state index in [0.717, 1.165) is 5.56 Å². The number of aryl methyl sites for hydroxylation is 1. The molecule has 0 heterocycles. The normalized spacial score (nSPS) is 13.3. The van der Waals surface area contributed by atoms with Crippen molar-refractivity contribution in [2.75, 3.05) is 12.4 Å². The van der Waals surface area contributed by atoms with Gasteiger partial charge in [-0.05, 0) is 37.6 Å². The van der Waals surface area contributed by atoms with E-state index in [2.05, 4.69) is 26.0 Å². The van der Waals surface area contributed by atoms with Crippen molar-refractivity contribution < 1.29 is 13.2 Å². The van der Waals surface area contributed by atoms with Gasteiger partial charge in [0.15, 0.2) is 0 Å². The van der Waals surface area contributed by atoms with E-state index in [4.69, 9.17) is 0 Å². The zero-order valence-electron chi connectivity index (χ0n) is 11.9. The number of nitrogens with one attached hydrogen (secondary N) is 2. The van der Waals surface area contributed by atoms with E-state index in [1.807, 2.05) is 20.8 Å². The predicted molar refractivity (Wildman–Crippen MR) is 83.6 cm³/mol. The zero-order chi connectivity index (χ0) is 15.5. The highest BCUT2D eigenvalue weighted by molar-refractivity contribution is 9.10. The summed E-state index contributed by atoms with van der Waals surface area (Å²) in [5.74, 6) is -0.0540. The Hall–Kier alpha value is -0.920. The molecular weight excluding hydrogens is 344 g/mol. The molecule has 1 aromatic rings. The number of halogens is 1. The van der Waals surface area contributed by atoms with Crippen LogP contribution in [0.5, 0.6) is 0 Å². The minimum atomic E-state index is -3.52. The van der Waals surface area contributed by atoms with Crippen LogP contribution in [0.15, 0.2) is 23.1 Å². The fourth-order valence-electron chi connectivity index (χ4n) is 1.53. The maximum absolute atomic E-state index is 12.0.